The van der Waals surface area contributed by atoms with Crippen molar-refractivity contribution >= 4 is 47.3 Å². The molecule has 0 atom stereocenters. The van der Waals surface area contributed by atoms with Crippen molar-refractivity contribution in [3.63, 3.8) is 0 Å². The molecule has 2 heteroatoms. The first-order valence-electron chi connectivity index (χ1n) is 12.4. The highest BCUT2D eigenvalue weighted by Crippen LogP contribution is 2.12. The summed E-state index contributed by atoms with van der Waals surface area (Å²) in [6.07, 6.45) is 0. The van der Waals surface area contributed by atoms with E-state index >= 15 is 0 Å². The molecule has 0 nitrogen and oxygen atoms in total. The number of hydrogen-bond acceptors (Lipinski definition) is 0. The molecular formula is C34H30Si2. The third kappa shape index (κ3) is 3.95. The Balaban J connectivity index is 1.81. The summed E-state index contributed by atoms with van der Waals surface area (Å²) in [7, 11) is -4.94. The number of rotatable bonds is 8. The van der Waals surface area contributed by atoms with Gasteiger partial charge in [-0.3, -0.25) is 0 Å². The van der Waals surface area contributed by atoms with E-state index in [2.05, 4.69) is 170 Å². The van der Waals surface area contributed by atoms with Crippen molar-refractivity contribution in [2.45, 2.75) is 0 Å². The van der Waals surface area contributed by atoms with Crippen LogP contribution in [0, 0.1) is 0 Å². The summed E-state index contributed by atoms with van der Waals surface area (Å²) in [4.78, 5) is 0. The molecule has 5 aromatic carbocycles. The lowest BCUT2D eigenvalue weighted by Gasteiger charge is -2.34. The van der Waals surface area contributed by atoms with Gasteiger partial charge in [0.2, 0.25) is 0 Å². The monoisotopic (exact) mass is 494 g/mol. The smallest absolute Gasteiger partial charge is 0.106 e. The summed E-state index contributed by atoms with van der Waals surface area (Å²) >= 11 is 0. The second kappa shape index (κ2) is 10.3. The summed E-state index contributed by atoms with van der Waals surface area (Å²) < 4.78 is 0. The van der Waals surface area contributed by atoms with Crippen molar-refractivity contribution in [1.29, 1.82) is 0 Å². The van der Waals surface area contributed by atoms with Gasteiger partial charge in [0.05, 0.1) is 0 Å². The van der Waals surface area contributed by atoms with Gasteiger partial charge >= 0.3 is 0 Å². The van der Waals surface area contributed by atoms with E-state index in [4.69, 9.17) is 0 Å². The van der Waals surface area contributed by atoms with Crippen LogP contribution in [0.2, 0.25) is 0 Å². The summed E-state index contributed by atoms with van der Waals surface area (Å²) in [5.74, 6) is 0. The maximum Gasteiger partial charge on any atom is 0.171 e. The van der Waals surface area contributed by atoms with Crippen molar-refractivity contribution in [2.24, 2.45) is 0 Å². The molecule has 0 fully saturated rings. The van der Waals surface area contributed by atoms with Crippen molar-refractivity contribution < 1.29 is 0 Å². The molecule has 174 valence electrons. The molecule has 0 aromatic heterocycles. The molecule has 0 saturated heterocycles. The first-order valence-corrected chi connectivity index (χ1v) is 16.5. The van der Waals surface area contributed by atoms with Crippen LogP contribution < -0.4 is 31.1 Å². The van der Waals surface area contributed by atoms with Gasteiger partial charge in [0, 0.05) is 0 Å². The van der Waals surface area contributed by atoms with Gasteiger partial charge in [-0.2, -0.15) is 0 Å². The molecule has 0 aliphatic heterocycles. The molecule has 0 aliphatic carbocycles. The van der Waals surface area contributed by atoms with E-state index < -0.39 is 16.1 Å². The zero-order valence-corrected chi connectivity index (χ0v) is 22.4. The van der Waals surface area contributed by atoms with Crippen molar-refractivity contribution in [2.75, 3.05) is 0 Å². The summed E-state index contributed by atoms with van der Waals surface area (Å²) in [5, 5.41) is 8.06. The SMILES string of the molecule is C=C[Si](c1ccccc1)(c1ccccc1)c1cccc([Si](C=C)(c2ccccc2)c2ccccc2)c1. The van der Waals surface area contributed by atoms with Gasteiger partial charge in [0.1, 0.15) is 0 Å². The van der Waals surface area contributed by atoms with Gasteiger partial charge < -0.3 is 0 Å². The quantitative estimate of drug-likeness (QED) is 0.225. The van der Waals surface area contributed by atoms with E-state index in [0.29, 0.717) is 0 Å². The van der Waals surface area contributed by atoms with Gasteiger partial charge in [-0.1, -0.05) is 157 Å². The van der Waals surface area contributed by atoms with E-state index in [1.165, 1.54) is 31.1 Å². The van der Waals surface area contributed by atoms with Crippen LogP contribution in [-0.2, 0) is 0 Å². The van der Waals surface area contributed by atoms with Gasteiger partial charge in [-0.25, -0.2) is 0 Å². The zero-order valence-electron chi connectivity index (χ0n) is 20.4. The maximum atomic E-state index is 4.44. The van der Waals surface area contributed by atoms with Crippen LogP contribution in [-0.4, -0.2) is 16.1 Å². The highest BCUT2D eigenvalue weighted by atomic mass is 28.3. The zero-order chi connectivity index (χ0) is 24.8. The summed E-state index contributed by atoms with van der Waals surface area (Å²) in [6.45, 7) is 8.89. The minimum atomic E-state index is -2.47. The van der Waals surface area contributed by atoms with Crippen LogP contribution >= 0.6 is 0 Å². The Bertz CT molecular complexity index is 1250. The summed E-state index contributed by atoms with van der Waals surface area (Å²) in [6, 6.07) is 52.9. The molecule has 0 N–H and O–H groups in total. The van der Waals surface area contributed by atoms with E-state index in [9.17, 15) is 0 Å². The standard InChI is InChI=1S/C34H30Si2/c1-3-35(29-18-9-5-10-19-29,30-20-11-6-12-21-30)33-26-17-27-34(28-33)36(4-2,31-22-13-7-14-23-31)32-24-15-8-16-25-32/h3-28H,1-2H2. The average Bonchev–Trinajstić information content (AvgIpc) is 2.97. The predicted molar refractivity (Wildman–Crippen MR) is 162 cm³/mol. The molecule has 0 unspecified atom stereocenters. The third-order valence-corrected chi connectivity index (χ3v) is 15.9. The van der Waals surface area contributed by atoms with E-state index in [1.54, 1.807) is 0 Å². The predicted octanol–water partition coefficient (Wildman–Crippen LogP) is 4.08. The van der Waals surface area contributed by atoms with Crippen molar-refractivity contribution in [3.05, 3.63) is 170 Å². The van der Waals surface area contributed by atoms with Crippen LogP contribution in [0.4, 0.5) is 0 Å². The van der Waals surface area contributed by atoms with E-state index in [-0.39, 0.29) is 0 Å². The molecule has 0 amide bonds. The highest BCUT2D eigenvalue weighted by molar-refractivity contribution is 7.17. The van der Waals surface area contributed by atoms with Crippen LogP contribution in [0.15, 0.2) is 170 Å². The first-order chi connectivity index (χ1) is 17.8. The van der Waals surface area contributed by atoms with Gasteiger partial charge in [0.25, 0.3) is 0 Å². The van der Waals surface area contributed by atoms with Crippen LogP contribution in [0.1, 0.15) is 0 Å². The average molecular weight is 495 g/mol. The Morgan fingerprint density at radius 2 is 0.583 bits per heavy atom. The van der Waals surface area contributed by atoms with Gasteiger partial charge in [-0.15, -0.1) is 13.2 Å². The Morgan fingerprint density at radius 1 is 0.333 bits per heavy atom. The van der Waals surface area contributed by atoms with Crippen molar-refractivity contribution in [3.8, 4) is 0 Å². The topological polar surface area (TPSA) is 0 Å². The minimum absolute atomic E-state index is 1.34. The van der Waals surface area contributed by atoms with Crippen LogP contribution in [0.3, 0.4) is 0 Å². The van der Waals surface area contributed by atoms with Crippen LogP contribution in [0.25, 0.3) is 0 Å². The molecular weight excluding hydrogens is 465 g/mol. The molecule has 0 bridgehead atoms. The minimum Gasteiger partial charge on any atom is -0.106 e. The lowest BCUT2D eigenvalue weighted by molar-refractivity contribution is 1.68. The van der Waals surface area contributed by atoms with Gasteiger partial charge in [-0.05, 0) is 31.1 Å². The molecule has 0 saturated carbocycles. The Morgan fingerprint density at radius 3 is 0.833 bits per heavy atom. The second-order valence-corrected chi connectivity index (χ2v) is 16.6. The fourth-order valence-corrected chi connectivity index (χ4v) is 13.4. The van der Waals surface area contributed by atoms with Crippen molar-refractivity contribution in [1.82, 2.24) is 0 Å². The normalized spacial score (nSPS) is 11.6. The highest BCUT2D eigenvalue weighted by Gasteiger charge is 2.40. The molecule has 0 spiro atoms. The number of benzene rings is 5. The number of hydrogen-bond donors (Lipinski definition) is 0. The Labute approximate surface area is 217 Å². The molecule has 5 rings (SSSR count). The molecule has 36 heavy (non-hydrogen) atoms. The fraction of sp³-hybridized carbons (Fsp3) is 0. The third-order valence-electron chi connectivity index (χ3n) is 7.30. The Kier molecular flexibility index (Phi) is 6.81. The van der Waals surface area contributed by atoms with Crippen LogP contribution in [0.5, 0.6) is 0 Å². The molecule has 0 heterocycles. The Hall–Kier alpha value is -3.99. The first kappa shape index (κ1) is 23.7. The lowest BCUT2D eigenvalue weighted by Crippen LogP contribution is -2.69. The molecule has 5 aromatic rings. The molecule has 0 aliphatic rings. The lowest BCUT2D eigenvalue weighted by atomic mass is 10.3. The second-order valence-electron chi connectivity index (χ2n) is 9.07. The fourth-order valence-electron chi connectivity index (χ4n) is 5.52. The van der Waals surface area contributed by atoms with Gasteiger partial charge in [0.15, 0.2) is 16.1 Å². The van der Waals surface area contributed by atoms with E-state index in [1.807, 2.05) is 0 Å². The maximum absolute atomic E-state index is 4.44. The largest absolute Gasteiger partial charge is 0.171 e. The summed E-state index contributed by atoms with van der Waals surface area (Å²) in [5.41, 5.74) is 4.47. The molecule has 0 radical (unpaired) electrons. The van der Waals surface area contributed by atoms with E-state index in [0.717, 1.165) is 0 Å².